The van der Waals surface area contributed by atoms with Crippen LogP contribution in [-0.2, 0) is 11.3 Å². The molecule has 154 valence electrons. The Labute approximate surface area is 168 Å². The van der Waals surface area contributed by atoms with E-state index in [1.165, 1.54) is 24.3 Å². The number of aromatic carboxylic acids is 1. The summed E-state index contributed by atoms with van der Waals surface area (Å²) >= 11 is 0. The van der Waals surface area contributed by atoms with Gasteiger partial charge >= 0.3 is 5.97 Å². The second-order valence-electron chi connectivity index (χ2n) is 7.39. The summed E-state index contributed by atoms with van der Waals surface area (Å²) in [6, 6.07) is 9.58. The maximum atomic E-state index is 13.5. The quantitative estimate of drug-likeness (QED) is 0.769. The van der Waals surface area contributed by atoms with Crippen molar-refractivity contribution < 1.29 is 23.5 Å². The van der Waals surface area contributed by atoms with Crippen LogP contribution in [0.4, 0.5) is 8.78 Å². The first-order valence-electron chi connectivity index (χ1n) is 9.67. The second-order valence-corrected chi connectivity index (χ2v) is 7.39. The standard InChI is InChI=1S/C22H24F2N2O3/c1-14(16-6-8-17(9-7-16)22(28)29)25-21(27)20-4-2-3-11-26(20)13-15-5-10-18(23)19(24)12-15/h5-10,12,14,20H,2-4,11,13H2,1H3,(H,25,27)(H,28,29)/t14-,20?/m0/s1. The molecule has 3 rings (SSSR count). The number of hydrogen-bond acceptors (Lipinski definition) is 3. The Hall–Kier alpha value is -2.80. The van der Waals surface area contributed by atoms with Crippen molar-refractivity contribution >= 4 is 11.9 Å². The summed E-state index contributed by atoms with van der Waals surface area (Å²) in [5.41, 5.74) is 1.63. The lowest BCUT2D eigenvalue weighted by molar-refractivity contribution is -0.128. The van der Waals surface area contributed by atoms with Crippen molar-refractivity contribution in [1.29, 1.82) is 0 Å². The largest absolute Gasteiger partial charge is 0.478 e. The molecule has 1 aliphatic heterocycles. The Morgan fingerprint density at radius 2 is 1.86 bits per heavy atom. The Morgan fingerprint density at radius 3 is 2.52 bits per heavy atom. The molecule has 7 heteroatoms. The summed E-state index contributed by atoms with van der Waals surface area (Å²) in [6.07, 6.45) is 2.56. The van der Waals surface area contributed by atoms with Crippen molar-refractivity contribution in [3.8, 4) is 0 Å². The van der Waals surface area contributed by atoms with Crippen LogP contribution in [0.3, 0.4) is 0 Å². The Morgan fingerprint density at radius 1 is 1.14 bits per heavy atom. The maximum absolute atomic E-state index is 13.5. The van der Waals surface area contributed by atoms with Gasteiger partial charge in [-0.2, -0.15) is 0 Å². The van der Waals surface area contributed by atoms with Crippen molar-refractivity contribution in [1.82, 2.24) is 10.2 Å². The summed E-state index contributed by atoms with van der Waals surface area (Å²) < 4.78 is 26.7. The Kier molecular flexibility index (Phi) is 6.59. The lowest BCUT2D eigenvalue weighted by Gasteiger charge is -2.35. The molecule has 0 bridgehead atoms. The SMILES string of the molecule is C[C@H](NC(=O)C1CCCCN1Cc1ccc(F)c(F)c1)c1ccc(C(=O)O)cc1. The van der Waals surface area contributed by atoms with E-state index in [2.05, 4.69) is 5.32 Å². The minimum absolute atomic E-state index is 0.123. The van der Waals surface area contributed by atoms with Gasteiger partial charge in [-0.3, -0.25) is 9.69 Å². The predicted molar refractivity (Wildman–Crippen MR) is 104 cm³/mol. The van der Waals surface area contributed by atoms with Crippen LogP contribution in [0.1, 0.15) is 53.7 Å². The molecule has 5 nitrogen and oxygen atoms in total. The van der Waals surface area contributed by atoms with Crippen molar-refractivity contribution in [2.24, 2.45) is 0 Å². The maximum Gasteiger partial charge on any atom is 0.335 e. The zero-order valence-corrected chi connectivity index (χ0v) is 16.2. The average molecular weight is 402 g/mol. The molecule has 2 N–H and O–H groups in total. The highest BCUT2D eigenvalue weighted by molar-refractivity contribution is 5.87. The fourth-order valence-corrected chi connectivity index (χ4v) is 3.66. The van der Waals surface area contributed by atoms with Crippen LogP contribution in [0.5, 0.6) is 0 Å². The number of halogens is 2. The second kappa shape index (κ2) is 9.13. The molecule has 2 atom stereocenters. The molecule has 0 saturated carbocycles. The molecule has 1 aliphatic rings. The van der Waals surface area contributed by atoms with Gasteiger partial charge in [0.05, 0.1) is 17.6 Å². The van der Waals surface area contributed by atoms with Gasteiger partial charge in [0, 0.05) is 6.54 Å². The van der Waals surface area contributed by atoms with Crippen molar-refractivity contribution in [2.75, 3.05) is 6.54 Å². The Balaban J connectivity index is 1.66. The Bertz CT molecular complexity index is 886. The number of carbonyl (C=O) groups excluding carboxylic acids is 1. The molecule has 0 aromatic heterocycles. The van der Waals surface area contributed by atoms with Crippen molar-refractivity contribution in [3.05, 3.63) is 70.8 Å². The van der Waals surface area contributed by atoms with Gasteiger partial charge < -0.3 is 10.4 Å². The molecule has 2 aromatic carbocycles. The van der Waals surface area contributed by atoms with Gasteiger partial charge in [0.2, 0.25) is 5.91 Å². The topological polar surface area (TPSA) is 69.6 Å². The molecule has 0 radical (unpaired) electrons. The van der Waals surface area contributed by atoms with E-state index in [9.17, 15) is 18.4 Å². The number of carbonyl (C=O) groups is 2. The van der Waals surface area contributed by atoms with E-state index >= 15 is 0 Å². The van der Waals surface area contributed by atoms with Crippen LogP contribution in [0.2, 0.25) is 0 Å². The fraction of sp³-hybridized carbons (Fsp3) is 0.364. The number of rotatable bonds is 6. The van der Waals surface area contributed by atoms with Crippen molar-refractivity contribution in [3.63, 3.8) is 0 Å². The number of benzene rings is 2. The molecular weight excluding hydrogens is 378 g/mol. The number of likely N-dealkylation sites (tertiary alicyclic amines) is 1. The molecule has 2 aromatic rings. The highest BCUT2D eigenvalue weighted by Gasteiger charge is 2.29. The number of amides is 1. The van der Waals surface area contributed by atoms with Gasteiger partial charge in [0.15, 0.2) is 11.6 Å². The number of carboxylic acid groups (broad SMARTS) is 1. The van der Waals surface area contributed by atoms with E-state index in [1.807, 2.05) is 11.8 Å². The summed E-state index contributed by atoms with van der Waals surface area (Å²) in [4.78, 5) is 25.9. The van der Waals surface area contributed by atoms with E-state index in [0.29, 0.717) is 25.1 Å². The lowest BCUT2D eigenvalue weighted by Crippen LogP contribution is -2.49. The van der Waals surface area contributed by atoms with Gasteiger partial charge in [-0.15, -0.1) is 0 Å². The van der Waals surface area contributed by atoms with Crippen molar-refractivity contribution in [2.45, 2.75) is 44.8 Å². The normalized spacial score (nSPS) is 18.2. The van der Waals surface area contributed by atoms with E-state index < -0.39 is 17.6 Å². The number of nitrogens with zero attached hydrogens (tertiary/aromatic N) is 1. The summed E-state index contributed by atoms with van der Waals surface area (Å²) in [5, 5.41) is 12.0. The van der Waals surface area contributed by atoms with E-state index in [1.54, 1.807) is 12.1 Å². The van der Waals surface area contributed by atoms with Gasteiger partial charge in [-0.05, 0) is 61.7 Å². The molecule has 1 amide bonds. The number of nitrogens with one attached hydrogen (secondary N) is 1. The van der Waals surface area contributed by atoms with E-state index in [0.717, 1.165) is 24.5 Å². The van der Waals surface area contributed by atoms with E-state index in [-0.39, 0.29) is 23.6 Å². The molecule has 1 unspecified atom stereocenters. The van der Waals surface area contributed by atoms with Gasteiger partial charge in [-0.25, -0.2) is 13.6 Å². The van der Waals surface area contributed by atoms with Crippen LogP contribution in [0.15, 0.2) is 42.5 Å². The van der Waals surface area contributed by atoms with Crippen LogP contribution < -0.4 is 5.32 Å². The van der Waals surface area contributed by atoms with Gasteiger partial charge in [0.1, 0.15) is 0 Å². The zero-order chi connectivity index (χ0) is 21.0. The summed E-state index contributed by atoms with van der Waals surface area (Å²) in [7, 11) is 0. The third-order valence-electron chi connectivity index (χ3n) is 5.30. The third kappa shape index (κ3) is 5.17. The van der Waals surface area contributed by atoms with Crippen LogP contribution in [-0.4, -0.2) is 34.5 Å². The molecule has 0 spiro atoms. The molecule has 1 saturated heterocycles. The van der Waals surface area contributed by atoms with Crippen LogP contribution in [0.25, 0.3) is 0 Å². The smallest absolute Gasteiger partial charge is 0.335 e. The summed E-state index contributed by atoms with van der Waals surface area (Å²) in [5.74, 6) is -2.89. The van der Waals surface area contributed by atoms with Crippen LogP contribution in [0, 0.1) is 11.6 Å². The van der Waals surface area contributed by atoms with Gasteiger partial charge in [-0.1, -0.05) is 24.6 Å². The molecule has 0 aliphatic carbocycles. The first-order chi connectivity index (χ1) is 13.8. The molecular formula is C22H24F2N2O3. The molecule has 29 heavy (non-hydrogen) atoms. The summed E-state index contributed by atoms with van der Waals surface area (Å²) in [6.45, 7) is 2.92. The third-order valence-corrected chi connectivity index (χ3v) is 5.30. The molecule has 1 heterocycles. The average Bonchev–Trinajstić information content (AvgIpc) is 2.71. The number of piperidine rings is 1. The monoisotopic (exact) mass is 402 g/mol. The number of carboxylic acids is 1. The zero-order valence-electron chi connectivity index (χ0n) is 16.2. The van der Waals surface area contributed by atoms with Crippen LogP contribution >= 0.6 is 0 Å². The van der Waals surface area contributed by atoms with E-state index in [4.69, 9.17) is 5.11 Å². The fourth-order valence-electron chi connectivity index (χ4n) is 3.66. The van der Waals surface area contributed by atoms with Gasteiger partial charge in [0.25, 0.3) is 0 Å². The minimum atomic E-state index is -0.997. The predicted octanol–water partition coefficient (Wildman–Crippen LogP) is 3.89. The first-order valence-corrected chi connectivity index (χ1v) is 9.67. The first kappa shape index (κ1) is 20.9. The highest BCUT2D eigenvalue weighted by atomic mass is 19.2. The minimum Gasteiger partial charge on any atom is -0.478 e. The number of hydrogen-bond donors (Lipinski definition) is 2. The lowest BCUT2D eigenvalue weighted by atomic mass is 9.99. The molecule has 1 fully saturated rings. The highest BCUT2D eigenvalue weighted by Crippen LogP contribution is 2.22.